The molecule has 24 heavy (non-hydrogen) atoms. The van der Waals surface area contributed by atoms with Gasteiger partial charge in [-0.15, -0.1) is 0 Å². The molecule has 2 N–H and O–H groups in total. The Labute approximate surface area is 143 Å². The van der Waals surface area contributed by atoms with E-state index in [2.05, 4.69) is 6.08 Å². The third kappa shape index (κ3) is 2.34. The number of hydrogen-bond acceptors (Lipinski definition) is 4. The lowest BCUT2D eigenvalue weighted by Gasteiger charge is -2.39. The van der Waals surface area contributed by atoms with Crippen molar-refractivity contribution < 1.29 is 19.8 Å². The SMILES string of the molecule is CC1=C2C[C@]3(C)C(=O)[C@@H](O)[C@@H](C(C)(C)O)[C@H]3C/C=C(/C)[C@@H]2CC1=O. The molecule has 4 nitrogen and oxygen atoms in total. The van der Waals surface area contributed by atoms with Crippen molar-refractivity contribution in [2.75, 3.05) is 0 Å². The van der Waals surface area contributed by atoms with Crippen LogP contribution in [0.15, 0.2) is 22.8 Å². The molecule has 0 aromatic heterocycles. The van der Waals surface area contributed by atoms with Gasteiger partial charge in [0.1, 0.15) is 6.10 Å². The lowest BCUT2D eigenvalue weighted by Crippen LogP contribution is -2.41. The number of hydrogen-bond donors (Lipinski definition) is 2. The Morgan fingerprint density at radius 1 is 1.25 bits per heavy atom. The smallest absolute Gasteiger partial charge is 0.168 e. The summed E-state index contributed by atoms with van der Waals surface area (Å²) in [5, 5.41) is 21.2. The number of ketones is 2. The van der Waals surface area contributed by atoms with Crippen molar-refractivity contribution >= 4 is 11.6 Å². The molecule has 0 aromatic rings. The average Bonchev–Trinajstić information content (AvgIpc) is 2.84. The number of aliphatic hydroxyl groups is 2. The predicted octanol–water partition coefficient (Wildman–Crippen LogP) is 2.59. The molecule has 4 heteroatoms. The Bertz CT molecular complexity index is 664. The molecule has 0 amide bonds. The third-order valence-electron chi connectivity index (χ3n) is 6.75. The first kappa shape index (κ1) is 17.6. The van der Waals surface area contributed by atoms with Gasteiger partial charge in [0.05, 0.1) is 5.60 Å². The summed E-state index contributed by atoms with van der Waals surface area (Å²) in [6.07, 6.45) is 2.62. The van der Waals surface area contributed by atoms with Gasteiger partial charge in [-0.25, -0.2) is 0 Å². The van der Waals surface area contributed by atoms with Crippen molar-refractivity contribution in [1.29, 1.82) is 0 Å². The van der Waals surface area contributed by atoms with Crippen LogP contribution in [0.5, 0.6) is 0 Å². The topological polar surface area (TPSA) is 74.6 Å². The van der Waals surface area contributed by atoms with Gasteiger partial charge in [-0.3, -0.25) is 9.59 Å². The summed E-state index contributed by atoms with van der Waals surface area (Å²) in [6, 6.07) is 0. The van der Waals surface area contributed by atoms with Crippen LogP contribution in [0.1, 0.15) is 53.9 Å². The van der Waals surface area contributed by atoms with Crippen LogP contribution in [-0.2, 0) is 9.59 Å². The number of rotatable bonds is 1. The molecule has 5 atom stereocenters. The molecule has 3 aliphatic rings. The molecule has 0 bridgehead atoms. The van der Waals surface area contributed by atoms with Crippen molar-refractivity contribution in [3.05, 3.63) is 22.8 Å². The Balaban J connectivity index is 2.14. The molecule has 132 valence electrons. The van der Waals surface area contributed by atoms with E-state index < -0.39 is 23.0 Å². The van der Waals surface area contributed by atoms with Crippen LogP contribution < -0.4 is 0 Å². The number of carbonyl (C=O) groups is 2. The van der Waals surface area contributed by atoms with Crippen LogP contribution in [0.25, 0.3) is 0 Å². The fraction of sp³-hybridized carbons (Fsp3) is 0.700. The van der Waals surface area contributed by atoms with E-state index >= 15 is 0 Å². The Hall–Kier alpha value is -1.26. The summed E-state index contributed by atoms with van der Waals surface area (Å²) in [7, 11) is 0. The predicted molar refractivity (Wildman–Crippen MR) is 91.2 cm³/mol. The Morgan fingerprint density at radius 2 is 1.88 bits per heavy atom. The first-order valence-electron chi connectivity index (χ1n) is 8.82. The quantitative estimate of drug-likeness (QED) is 0.724. The number of allylic oxidation sites excluding steroid dienone is 4. The highest BCUT2D eigenvalue weighted by molar-refractivity contribution is 6.00. The fourth-order valence-corrected chi connectivity index (χ4v) is 5.25. The standard InChI is InChI=1S/C20H28O4/c1-10-6-7-14-16(19(3,4)24)17(22)18(23)20(14,5)9-13-11(2)15(21)8-12(10)13/h6,12,14,16-17,22,24H,7-9H2,1-5H3/b10-6-/t12-,14+,16-,17-,20-/m0/s1. The fourth-order valence-electron chi connectivity index (χ4n) is 5.25. The maximum Gasteiger partial charge on any atom is 0.168 e. The summed E-state index contributed by atoms with van der Waals surface area (Å²) in [5.41, 5.74) is 1.13. The van der Waals surface area contributed by atoms with Crippen molar-refractivity contribution in [3.63, 3.8) is 0 Å². The van der Waals surface area contributed by atoms with Gasteiger partial charge in [0, 0.05) is 23.7 Å². The van der Waals surface area contributed by atoms with Crippen LogP contribution in [0, 0.1) is 23.2 Å². The molecule has 0 saturated heterocycles. The summed E-state index contributed by atoms with van der Waals surface area (Å²) < 4.78 is 0. The zero-order valence-electron chi connectivity index (χ0n) is 15.2. The van der Waals surface area contributed by atoms with Crippen LogP contribution in [0.2, 0.25) is 0 Å². The summed E-state index contributed by atoms with van der Waals surface area (Å²) in [6.45, 7) is 9.15. The molecule has 0 unspecified atom stereocenters. The van der Waals surface area contributed by atoms with E-state index in [1.807, 2.05) is 20.8 Å². The minimum atomic E-state index is -1.15. The molecular formula is C20H28O4. The summed E-state index contributed by atoms with van der Waals surface area (Å²) >= 11 is 0. The molecule has 0 aliphatic heterocycles. The maximum absolute atomic E-state index is 13.0. The number of Topliss-reactive ketones (excluding diaryl/α,β-unsaturated/α-hetero) is 2. The van der Waals surface area contributed by atoms with Crippen molar-refractivity contribution in [2.24, 2.45) is 23.2 Å². The second-order valence-electron chi connectivity index (χ2n) is 8.70. The first-order chi connectivity index (χ1) is 11.0. The van der Waals surface area contributed by atoms with Crippen molar-refractivity contribution in [1.82, 2.24) is 0 Å². The van der Waals surface area contributed by atoms with Crippen LogP contribution in [0.3, 0.4) is 0 Å². The van der Waals surface area contributed by atoms with Gasteiger partial charge >= 0.3 is 0 Å². The highest BCUT2D eigenvalue weighted by Crippen LogP contribution is 2.56. The van der Waals surface area contributed by atoms with Crippen molar-refractivity contribution in [2.45, 2.75) is 65.6 Å². The lowest BCUT2D eigenvalue weighted by atomic mass is 9.65. The van der Waals surface area contributed by atoms with Gasteiger partial charge < -0.3 is 10.2 Å². The van der Waals surface area contributed by atoms with Gasteiger partial charge in [0.2, 0.25) is 0 Å². The maximum atomic E-state index is 13.0. The minimum absolute atomic E-state index is 0.0985. The van der Waals surface area contributed by atoms with E-state index in [0.29, 0.717) is 19.3 Å². The normalized spacial score (nSPS) is 42.4. The Morgan fingerprint density at radius 3 is 2.46 bits per heavy atom. The van der Waals surface area contributed by atoms with Crippen LogP contribution in [0.4, 0.5) is 0 Å². The highest BCUT2D eigenvalue weighted by atomic mass is 16.3. The van der Waals surface area contributed by atoms with Gasteiger partial charge in [-0.05, 0) is 52.0 Å². The molecule has 3 aliphatic carbocycles. The van der Waals surface area contributed by atoms with E-state index in [9.17, 15) is 19.8 Å². The van der Waals surface area contributed by atoms with Crippen LogP contribution in [-0.4, -0.2) is 33.5 Å². The monoisotopic (exact) mass is 332 g/mol. The van der Waals surface area contributed by atoms with Gasteiger partial charge in [0.15, 0.2) is 11.6 Å². The van der Waals surface area contributed by atoms with E-state index in [1.165, 1.54) is 5.57 Å². The minimum Gasteiger partial charge on any atom is -0.390 e. The van der Waals surface area contributed by atoms with Crippen molar-refractivity contribution in [3.8, 4) is 0 Å². The van der Waals surface area contributed by atoms with E-state index in [-0.39, 0.29) is 23.4 Å². The molecule has 0 radical (unpaired) electrons. The average molecular weight is 332 g/mol. The van der Waals surface area contributed by atoms with Gasteiger partial charge in [0.25, 0.3) is 0 Å². The molecular weight excluding hydrogens is 304 g/mol. The van der Waals surface area contributed by atoms with Gasteiger partial charge in [-0.2, -0.15) is 0 Å². The van der Waals surface area contributed by atoms with E-state index in [4.69, 9.17) is 0 Å². The summed E-state index contributed by atoms with van der Waals surface area (Å²) in [5.74, 6) is -0.553. The van der Waals surface area contributed by atoms with E-state index in [0.717, 1.165) is 11.1 Å². The first-order valence-corrected chi connectivity index (χ1v) is 8.82. The van der Waals surface area contributed by atoms with Crippen LogP contribution >= 0.6 is 0 Å². The zero-order valence-corrected chi connectivity index (χ0v) is 15.2. The molecule has 0 aromatic carbocycles. The van der Waals surface area contributed by atoms with Gasteiger partial charge in [-0.1, -0.05) is 24.1 Å². The molecule has 1 saturated carbocycles. The number of carbonyl (C=O) groups excluding carboxylic acids is 2. The summed E-state index contributed by atoms with van der Waals surface area (Å²) in [4.78, 5) is 25.2. The lowest BCUT2D eigenvalue weighted by molar-refractivity contribution is -0.134. The second kappa shape index (κ2) is 5.37. The Kier molecular flexibility index (Phi) is 3.93. The molecule has 1 fully saturated rings. The zero-order chi connectivity index (χ0) is 18.0. The molecule has 3 rings (SSSR count). The molecule has 0 heterocycles. The second-order valence-corrected chi connectivity index (χ2v) is 8.70. The largest absolute Gasteiger partial charge is 0.390 e. The molecule has 0 spiro atoms. The number of fused-ring (bicyclic) bond motifs is 2. The highest BCUT2D eigenvalue weighted by Gasteiger charge is 2.61. The third-order valence-corrected chi connectivity index (χ3v) is 6.75. The number of aliphatic hydroxyl groups excluding tert-OH is 1. The van der Waals surface area contributed by atoms with E-state index in [1.54, 1.807) is 13.8 Å².